The van der Waals surface area contributed by atoms with Crippen LogP contribution in [0.2, 0.25) is 0 Å². The normalized spacial score (nSPS) is 14.5. The average Bonchev–Trinajstić information content (AvgIpc) is 2.68. The van der Waals surface area contributed by atoms with Crippen molar-refractivity contribution < 1.29 is 19.1 Å². The minimum Gasteiger partial charge on any atom is -0.497 e. The van der Waals surface area contributed by atoms with E-state index in [4.69, 9.17) is 9.47 Å². The van der Waals surface area contributed by atoms with Gasteiger partial charge in [0.25, 0.3) is 0 Å². The molecule has 136 valence electrons. The fraction of sp³-hybridized carbons (Fsp3) is 0.300. The Hall–Kier alpha value is -2.86. The number of ketones is 1. The molecule has 0 aliphatic carbocycles. The smallest absolute Gasteiger partial charge is 0.319 e. The van der Waals surface area contributed by atoms with Gasteiger partial charge in [0.1, 0.15) is 5.75 Å². The predicted molar refractivity (Wildman–Crippen MR) is 98.9 cm³/mol. The van der Waals surface area contributed by atoms with E-state index in [1.165, 1.54) is 0 Å². The molecule has 1 heterocycles. The van der Waals surface area contributed by atoms with Crippen LogP contribution in [0.4, 0.5) is 10.5 Å². The zero-order valence-electron chi connectivity index (χ0n) is 14.7. The highest BCUT2D eigenvalue weighted by molar-refractivity contribution is 6.13. The van der Waals surface area contributed by atoms with Gasteiger partial charge < -0.3 is 20.1 Å². The van der Waals surface area contributed by atoms with Crippen molar-refractivity contribution in [1.82, 2.24) is 5.32 Å². The summed E-state index contributed by atoms with van der Waals surface area (Å²) in [7, 11) is 1.58. The summed E-state index contributed by atoms with van der Waals surface area (Å²) in [6.45, 7) is 1.30. The number of methoxy groups -OCH3 is 1. The lowest BCUT2D eigenvalue weighted by Crippen LogP contribution is -2.41. The average molecular weight is 354 g/mol. The van der Waals surface area contributed by atoms with E-state index in [1.807, 2.05) is 0 Å². The molecule has 1 fully saturated rings. The Morgan fingerprint density at radius 2 is 1.73 bits per heavy atom. The molecule has 1 aliphatic rings. The van der Waals surface area contributed by atoms with Crippen molar-refractivity contribution in [1.29, 1.82) is 0 Å². The first kappa shape index (κ1) is 17.9. The molecule has 0 atom stereocenters. The van der Waals surface area contributed by atoms with E-state index in [0.29, 0.717) is 35.8 Å². The number of amides is 2. The van der Waals surface area contributed by atoms with Crippen LogP contribution in [-0.2, 0) is 4.74 Å². The van der Waals surface area contributed by atoms with Crippen molar-refractivity contribution >= 4 is 17.5 Å². The van der Waals surface area contributed by atoms with E-state index in [1.54, 1.807) is 55.6 Å². The minimum absolute atomic E-state index is 0.0909. The summed E-state index contributed by atoms with van der Waals surface area (Å²) in [6, 6.07) is 13.7. The van der Waals surface area contributed by atoms with Crippen LogP contribution in [0.25, 0.3) is 0 Å². The Labute approximate surface area is 152 Å². The first-order valence-corrected chi connectivity index (χ1v) is 8.60. The molecule has 6 heteroatoms. The van der Waals surface area contributed by atoms with Crippen LogP contribution in [0.3, 0.4) is 0 Å². The fourth-order valence-corrected chi connectivity index (χ4v) is 2.87. The van der Waals surface area contributed by atoms with Crippen LogP contribution in [0.5, 0.6) is 5.75 Å². The van der Waals surface area contributed by atoms with Gasteiger partial charge in [0.05, 0.1) is 12.8 Å². The Morgan fingerprint density at radius 3 is 2.42 bits per heavy atom. The van der Waals surface area contributed by atoms with Gasteiger partial charge in [-0.1, -0.05) is 12.1 Å². The largest absolute Gasteiger partial charge is 0.497 e. The number of nitrogens with one attached hydrogen (secondary N) is 2. The maximum absolute atomic E-state index is 12.8. The fourth-order valence-electron chi connectivity index (χ4n) is 2.87. The van der Waals surface area contributed by atoms with Crippen molar-refractivity contribution in [2.24, 2.45) is 0 Å². The van der Waals surface area contributed by atoms with Crippen molar-refractivity contribution in [2.75, 3.05) is 25.6 Å². The number of ether oxygens (including phenoxy) is 2. The highest BCUT2D eigenvalue weighted by atomic mass is 16.5. The maximum atomic E-state index is 12.8. The van der Waals surface area contributed by atoms with Crippen molar-refractivity contribution in [3.8, 4) is 5.75 Å². The van der Waals surface area contributed by atoms with Gasteiger partial charge in [0, 0.05) is 30.4 Å². The summed E-state index contributed by atoms with van der Waals surface area (Å²) in [4.78, 5) is 25.1. The second-order valence-electron chi connectivity index (χ2n) is 6.09. The second kappa shape index (κ2) is 8.49. The number of rotatable bonds is 5. The molecule has 2 N–H and O–H groups in total. The summed E-state index contributed by atoms with van der Waals surface area (Å²) >= 11 is 0. The minimum atomic E-state index is -0.313. The second-order valence-corrected chi connectivity index (χ2v) is 6.09. The van der Waals surface area contributed by atoms with Crippen LogP contribution in [0.1, 0.15) is 28.8 Å². The molecule has 1 saturated heterocycles. The first-order chi connectivity index (χ1) is 12.7. The number of urea groups is 1. The molecule has 3 rings (SSSR count). The lowest BCUT2D eigenvalue weighted by atomic mass is 10.0. The number of hydrogen-bond donors (Lipinski definition) is 2. The molecular formula is C20H22N2O4. The van der Waals surface area contributed by atoms with Gasteiger partial charge in [-0.05, 0) is 49.2 Å². The molecule has 0 unspecified atom stereocenters. The number of anilines is 1. The maximum Gasteiger partial charge on any atom is 0.319 e. The SMILES string of the molecule is COc1ccc(C(=O)c2ccccc2NC(=O)NC2CCOCC2)cc1. The highest BCUT2D eigenvalue weighted by Gasteiger charge is 2.18. The van der Waals surface area contributed by atoms with Gasteiger partial charge in [0.15, 0.2) is 5.78 Å². The van der Waals surface area contributed by atoms with Crippen LogP contribution >= 0.6 is 0 Å². The van der Waals surface area contributed by atoms with Crippen LogP contribution < -0.4 is 15.4 Å². The topological polar surface area (TPSA) is 76.7 Å². The van der Waals surface area contributed by atoms with Gasteiger partial charge in [-0.2, -0.15) is 0 Å². The summed E-state index contributed by atoms with van der Waals surface area (Å²) in [5.74, 6) is 0.526. The molecule has 0 bridgehead atoms. The molecule has 0 aromatic heterocycles. The lowest BCUT2D eigenvalue weighted by molar-refractivity contribution is 0.0806. The zero-order valence-corrected chi connectivity index (χ0v) is 14.7. The van der Waals surface area contributed by atoms with Crippen molar-refractivity contribution in [3.05, 3.63) is 59.7 Å². The first-order valence-electron chi connectivity index (χ1n) is 8.60. The summed E-state index contributed by atoms with van der Waals surface area (Å²) in [6.07, 6.45) is 1.58. The number of hydrogen-bond acceptors (Lipinski definition) is 4. The number of carbonyl (C=O) groups excluding carboxylic acids is 2. The molecule has 0 radical (unpaired) electrons. The van der Waals surface area contributed by atoms with Gasteiger partial charge in [-0.25, -0.2) is 4.79 Å². The van der Waals surface area contributed by atoms with E-state index in [0.717, 1.165) is 12.8 Å². The Bertz CT molecular complexity index is 768. The Kier molecular flexibility index (Phi) is 5.86. The Balaban J connectivity index is 1.72. The van der Waals surface area contributed by atoms with Crippen molar-refractivity contribution in [2.45, 2.75) is 18.9 Å². The van der Waals surface area contributed by atoms with Gasteiger partial charge >= 0.3 is 6.03 Å². The number of para-hydroxylation sites is 1. The van der Waals surface area contributed by atoms with Crippen LogP contribution in [-0.4, -0.2) is 38.2 Å². The third-order valence-electron chi connectivity index (χ3n) is 4.33. The zero-order chi connectivity index (χ0) is 18.4. The van der Waals surface area contributed by atoms with E-state index in [2.05, 4.69) is 10.6 Å². The molecule has 6 nitrogen and oxygen atoms in total. The quantitative estimate of drug-likeness (QED) is 0.808. The summed E-state index contributed by atoms with van der Waals surface area (Å²) in [5, 5.41) is 5.73. The highest BCUT2D eigenvalue weighted by Crippen LogP contribution is 2.21. The van der Waals surface area contributed by atoms with E-state index < -0.39 is 0 Å². The third-order valence-corrected chi connectivity index (χ3v) is 4.33. The Morgan fingerprint density at radius 1 is 1.04 bits per heavy atom. The summed E-state index contributed by atoms with van der Waals surface area (Å²) < 4.78 is 10.4. The standard InChI is InChI=1S/C20H22N2O4/c1-25-16-8-6-14(7-9-16)19(23)17-4-2-3-5-18(17)22-20(24)21-15-10-12-26-13-11-15/h2-9,15H,10-13H2,1H3,(H2,21,22,24). The molecule has 26 heavy (non-hydrogen) atoms. The number of benzene rings is 2. The molecule has 0 saturated carbocycles. The van der Waals surface area contributed by atoms with Gasteiger partial charge in [-0.3, -0.25) is 4.79 Å². The van der Waals surface area contributed by atoms with E-state index in [9.17, 15) is 9.59 Å². The number of carbonyl (C=O) groups is 2. The molecule has 0 spiro atoms. The molecular weight excluding hydrogens is 332 g/mol. The molecule has 2 aromatic rings. The van der Waals surface area contributed by atoms with E-state index >= 15 is 0 Å². The molecule has 2 amide bonds. The predicted octanol–water partition coefficient (Wildman–Crippen LogP) is 3.23. The lowest BCUT2D eigenvalue weighted by Gasteiger charge is -2.23. The third kappa shape index (κ3) is 4.40. The summed E-state index contributed by atoms with van der Waals surface area (Å²) in [5.41, 5.74) is 1.46. The van der Waals surface area contributed by atoms with Gasteiger partial charge in [0.2, 0.25) is 0 Å². The van der Waals surface area contributed by atoms with Crippen LogP contribution in [0, 0.1) is 0 Å². The molecule has 1 aliphatic heterocycles. The monoisotopic (exact) mass is 354 g/mol. The van der Waals surface area contributed by atoms with Crippen LogP contribution in [0.15, 0.2) is 48.5 Å². The van der Waals surface area contributed by atoms with E-state index in [-0.39, 0.29) is 17.9 Å². The van der Waals surface area contributed by atoms with Gasteiger partial charge in [-0.15, -0.1) is 0 Å². The van der Waals surface area contributed by atoms with Crippen molar-refractivity contribution in [3.63, 3.8) is 0 Å². The molecule has 2 aromatic carbocycles.